The van der Waals surface area contributed by atoms with Crippen LogP contribution in [0.5, 0.6) is 0 Å². The molecule has 1 aromatic carbocycles. The zero-order valence-electron chi connectivity index (χ0n) is 15.8. The minimum Gasteiger partial charge on any atom is -0.343 e. The fourth-order valence-corrected chi connectivity index (χ4v) is 2.33. The van der Waals surface area contributed by atoms with E-state index < -0.39 is 0 Å². The van der Waals surface area contributed by atoms with Crippen LogP contribution < -0.4 is 29.6 Å². The van der Waals surface area contributed by atoms with Crippen molar-refractivity contribution in [1.82, 2.24) is 0 Å². The molecule has 0 bridgehead atoms. The molecule has 0 spiro atoms. The number of aryl methyl sites for hydroxylation is 2. The van der Waals surface area contributed by atoms with Crippen LogP contribution in [0.15, 0.2) is 24.3 Å². The molecule has 0 saturated heterocycles. The molecule has 0 atom stereocenters. The minimum absolute atomic E-state index is 0. The quantitative estimate of drug-likeness (QED) is 0.340. The molecule has 0 saturated carbocycles. The Kier molecular flexibility index (Phi) is 21.4. The van der Waals surface area contributed by atoms with Crippen molar-refractivity contribution in [3.8, 4) is 0 Å². The van der Waals surface area contributed by atoms with Crippen LogP contribution in [0, 0.1) is 20.8 Å². The van der Waals surface area contributed by atoms with Crippen molar-refractivity contribution in [2.24, 2.45) is 0 Å². The Morgan fingerprint density at radius 3 is 1.36 bits per heavy atom. The van der Waals surface area contributed by atoms with Crippen LogP contribution in [0.2, 0.25) is 0 Å². The molecule has 0 amide bonds. The van der Waals surface area contributed by atoms with E-state index >= 15 is 0 Å². The Balaban J connectivity index is 0. The summed E-state index contributed by atoms with van der Waals surface area (Å²) in [5, 5.41) is 0. The molecule has 22 heavy (non-hydrogen) atoms. The van der Waals surface area contributed by atoms with Gasteiger partial charge in [-0.1, -0.05) is 95.4 Å². The molecule has 0 aromatic heterocycles. The van der Waals surface area contributed by atoms with Gasteiger partial charge in [0.1, 0.15) is 0 Å². The molecular weight excluding hydrogens is 275 g/mol. The van der Waals surface area contributed by atoms with Crippen LogP contribution in [0.4, 0.5) is 0 Å². The maximum atomic E-state index is 3.85. The first kappa shape index (κ1) is 24.5. The zero-order chi connectivity index (χ0) is 15.8. The molecule has 0 aliphatic heterocycles. The van der Waals surface area contributed by atoms with E-state index in [0.29, 0.717) is 0 Å². The average Bonchev–Trinajstić information content (AvgIpc) is 2.49. The van der Waals surface area contributed by atoms with E-state index in [1.54, 1.807) is 0 Å². The fourth-order valence-electron chi connectivity index (χ4n) is 2.33. The first-order chi connectivity index (χ1) is 10.2. The van der Waals surface area contributed by atoms with E-state index in [-0.39, 0.29) is 29.6 Å². The van der Waals surface area contributed by atoms with E-state index in [4.69, 9.17) is 0 Å². The Morgan fingerprint density at radius 2 is 1.05 bits per heavy atom. The summed E-state index contributed by atoms with van der Waals surface area (Å²) in [4.78, 5) is 0. The Morgan fingerprint density at radius 1 is 0.682 bits per heavy atom. The van der Waals surface area contributed by atoms with Gasteiger partial charge >= 0.3 is 29.6 Å². The van der Waals surface area contributed by atoms with Crippen molar-refractivity contribution in [1.29, 1.82) is 0 Å². The molecule has 0 fully saturated rings. The maximum absolute atomic E-state index is 3.85. The molecule has 0 heterocycles. The number of benzene rings is 1. The van der Waals surface area contributed by atoms with Crippen LogP contribution >= 0.6 is 0 Å². The molecular formula is C21H37Na. The molecule has 0 radical (unpaired) electrons. The molecule has 1 heteroatoms. The van der Waals surface area contributed by atoms with Gasteiger partial charge in [0.25, 0.3) is 0 Å². The number of hydrogen-bond donors (Lipinski definition) is 0. The summed E-state index contributed by atoms with van der Waals surface area (Å²) in [6.45, 7) is 10.4. The van der Waals surface area contributed by atoms with Gasteiger partial charge in [0.15, 0.2) is 0 Å². The predicted octanol–water partition coefficient (Wildman–Crippen LogP) is 4.44. The second-order valence-corrected chi connectivity index (χ2v) is 6.12. The zero-order valence-corrected chi connectivity index (χ0v) is 17.8. The number of unbranched alkanes of at least 4 members (excludes halogenated alkanes) is 10. The predicted molar refractivity (Wildman–Crippen MR) is 97.7 cm³/mol. The van der Waals surface area contributed by atoms with E-state index in [1.165, 1.54) is 75.3 Å². The molecule has 0 unspecified atom stereocenters. The maximum Gasteiger partial charge on any atom is 1.00 e. The van der Waals surface area contributed by atoms with Crippen LogP contribution in [-0.4, -0.2) is 0 Å². The summed E-state index contributed by atoms with van der Waals surface area (Å²) in [7, 11) is 0. The summed E-state index contributed by atoms with van der Waals surface area (Å²) in [6.07, 6.45) is 15.4. The van der Waals surface area contributed by atoms with E-state index in [2.05, 4.69) is 52.0 Å². The van der Waals surface area contributed by atoms with Gasteiger partial charge < -0.3 is 6.92 Å². The largest absolute Gasteiger partial charge is 1.00 e. The Hall–Kier alpha value is 0.220. The van der Waals surface area contributed by atoms with Crippen molar-refractivity contribution in [2.45, 2.75) is 91.4 Å². The van der Waals surface area contributed by atoms with Crippen LogP contribution in [-0.2, 0) is 0 Å². The van der Waals surface area contributed by atoms with Gasteiger partial charge in [-0.25, -0.2) is 0 Å². The van der Waals surface area contributed by atoms with Gasteiger partial charge in [0.2, 0.25) is 0 Å². The van der Waals surface area contributed by atoms with E-state index in [0.717, 1.165) is 6.42 Å². The molecule has 1 rings (SSSR count). The minimum atomic E-state index is 0. The summed E-state index contributed by atoms with van der Waals surface area (Å²) in [6, 6.07) is 8.36. The molecule has 122 valence electrons. The van der Waals surface area contributed by atoms with Crippen LogP contribution in [0.1, 0.15) is 88.7 Å². The fraction of sp³-hybridized carbons (Fsp3) is 0.667. The first-order valence-corrected chi connectivity index (χ1v) is 9.03. The van der Waals surface area contributed by atoms with Gasteiger partial charge in [-0.2, -0.15) is 6.42 Å². The molecule has 0 aliphatic carbocycles. The molecule has 0 N–H and O–H groups in total. The standard InChI is InChI=1S/C13H27.C8H10.Na/c1-3-5-7-9-11-13-12-10-8-6-4-2;1-7-5-3-4-6-8(7)2;/h1,3-13H2,2H3;3-6H,1-2H3;/q-1;;+1. The van der Waals surface area contributed by atoms with Crippen molar-refractivity contribution >= 4 is 0 Å². The summed E-state index contributed by atoms with van der Waals surface area (Å²) >= 11 is 0. The van der Waals surface area contributed by atoms with Gasteiger partial charge in [-0.3, -0.25) is 0 Å². The smallest absolute Gasteiger partial charge is 0.343 e. The Bertz CT molecular complexity index is 288. The topological polar surface area (TPSA) is 0 Å². The van der Waals surface area contributed by atoms with Gasteiger partial charge in [-0.15, -0.1) is 0 Å². The van der Waals surface area contributed by atoms with Crippen molar-refractivity contribution in [3.63, 3.8) is 0 Å². The average molecular weight is 313 g/mol. The third-order valence-corrected chi connectivity index (χ3v) is 4.03. The third-order valence-electron chi connectivity index (χ3n) is 4.03. The summed E-state index contributed by atoms with van der Waals surface area (Å²) in [5.41, 5.74) is 2.74. The van der Waals surface area contributed by atoms with Crippen molar-refractivity contribution in [2.75, 3.05) is 0 Å². The van der Waals surface area contributed by atoms with Crippen LogP contribution in [0.25, 0.3) is 0 Å². The number of rotatable bonds is 10. The van der Waals surface area contributed by atoms with Gasteiger partial charge in [0.05, 0.1) is 0 Å². The van der Waals surface area contributed by atoms with Crippen molar-refractivity contribution in [3.05, 3.63) is 42.3 Å². The van der Waals surface area contributed by atoms with E-state index in [1.807, 2.05) is 0 Å². The molecule has 0 aliphatic rings. The molecule has 1 aromatic rings. The van der Waals surface area contributed by atoms with Gasteiger partial charge in [-0.05, 0) is 25.0 Å². The van der Waals surface area contributed by atoms with E-state index in [9.17, 15) is 0 Å². The van der Waals surface area contributed by atoms with Gasteiger partial charge in [0, 0.05) is 0 Å². The Labute approximate surface area is 162 Å². The second kappa shape index (κ2) is 19.3. The van der Waals surface area contributed by atoms with Crippen molar-refractivity contribution < 1.29 is 29.6 Å². The second-order valence-electron chi connectivity index (χ2n) is 6.12. The summed E-state index contributed by atoms with van der Waals surface area (Å²) in [5.74, 6) is 0. The first-order valence-electron chi connectivity index (χ1n) is 9.03. The third kappa shape index (κ3) is 16.6. The molecule has 0 nitrogen and oxygen atoms in total. The number of hydrogen-bond acceptors (Lipinski definition) is 0. The normalized spacial score (nSPS) is 9.64. The summed E-state index contributed by atoms with van der Waals surface area (Å²) < 4.78 is 0. The van der Waals surface area contributed by atoms with Crippen LogP contribution in [0.3, 0.4) is 0 Å². The monoisotopic (exact) mass is 312 g/mol. The SMILES string of the molecule is Cc1ccccc1C.[CH2-]CCCCCCCCCCCC.[Na+].